The van der Waals surface area contributed by atoms with Crippen LogP contribution in [0.1, 0.15) is 12.0 Å². The van der Waals surface area contributed by atoms with Crippen molar-refractivity contribution in [3.63, 3.8) is 0 Å². The SMILES string of the molecule is O=C(CC(F)(F)F)N[C@@H](CO)Cc1ccccc1. The molecule has 1 rings (SSSR count). The van der Waals surface area contributed by atoms with Crippen LogP contribution in [0.25, 0.3) is 0 Å². The molecule has 0 bridgehead atoms. The molecule has 0 fully saturated rings. The summed E-state index contributed by atoms with van der Waals surface area (Å²) in [6, 6.07) is 8.21. The molecule has 0 aromatic heterocycles. The molecule has 0 heterocycles. The molecular weight excluding hydrogens is 247 g/mol. The molecule has 0 unspecified atom stereocenters. The fourth-order valence-corrected chi connectivity index (χ4v) is 1.52. The van der Waals surface area contributed by atoms with Gasteiger partial charge in [-0.15, -0.1) is 0 Å². The van der Waals surface area contributed by atoms with Crippen molar-refractivity contribution in [3.8, 4) is 0 Å². The van der Waals surface area contributed by atoms with Gasteiger partial charge in [-0.2, -0.15) is 13.2 Å². The van der Waals surface area contributed by atoms with E-state index in [1.807, 2.05) is 0 Å². The average molecular weight is 261 g/mol. The van der Waals surface area contributed by atoms with E-state index >= 15 is 0 Å². The lowest BCUT2D eigenvalue weighted by molar-refractivity contribution is -0.154. The first kappa shape index (κ1) is 14.5. The summed E-state index contributed by atoms with van der Waals surface area (Å²) in [5.74, 6) is -1.13. The van der Waals surface area contributed by atoms with E-state index in [0.29, 0.717) is 6.42 Å². The maximum atomic E-state index is 12.0. The third-order valence-electron chi connectivity index (χ3n) is 2.27. The van der Waals surface area contributed by atoms with Gasteiger partial charge in [0, 0.05) is 0 Å². The molecular formula is C12H14F3NO2. The molecule has 1 aromatic carbocycles. The van der Waals surface area contributed by atoms with Gasteiger partial charge in [-0.05, 0) is 12.0 Å². The summed E-state index contributed by atoms with van der Waals surface area (Å²) < 4.78 is 35.9. The quantitative estimate of drug-likeness (QED) is 0.847. The largest absolute Gasteiger partial charge is 0.397 e. The molecule has 1 atom stereocenters. The van der Waals surface area contributed by atoms with Crippen LogP contribution in [-0.2, 0) is 11.2 Å². The summed E-state index contributed by atoms with van der Waals surface area (Å²) in [7, 11) is 0. The van der Waals surface area contributed by atoms with E-state index in [9.17, 15) is 18.0 Å². The van der Waals surface area contributed by atoms with Crippen molar-refractivity contribution in [1.29, 1.82) is 0 Å². The Morgan fingerprint density at radius 3 is 2.39 bits per heavy atom. The molecule has 2 N–H and O–H groups in total. The minimum Gasteiger partial charge on any atom is -0.394 e. The van der Waals surface area contributed by atoms with Gasteiger partial charge in [-0.1, -0.05) is 30.3 Å². The second-order valence-electron chi connectivity index (χ2n) is 3.93. The molecule has 1 aromatic rings. The number of halogens is 3. The summed E-state index contributed by atoms with van der Waals surface area (Å²) in [5, 5.41) is 11.2. The average Bonchev–Trinajstić information content (AvgIpc) is 2.27. The van der Waals surface area contributed by atoms with Crippen molar-refractivity contribution in [2.24, 2.45) is 0 Å². The molecule has 0 saturated carbocycles. The Balaban J connectivity index is 2.50. The van der Waals surface area contributed by atoms with Crippen LogP contribution in [0.15, 0.2) is 30.3 Å². The van der Waals surface area contributed by atoms with Crippen LogP contribution in [-0.4, -0.2) is 29.8 Å². The van der Waals surface area contributed by atoms with E-state index in [2.05, 4.69) is 5.32 Å². The van der Waals surface area contributed by atoms with Gasteiger partial charge >= 0.3 is 6.18 Å². The van der Waals surface area contributed by atoms with E-state index in [0.717, 1.165) is 5.56 Å². The summed E-state index contributed by atoms with van der Waals surface area (Å²) in [5.41, 5.74) is 0.837. The van der Waals surface area contributed by atoms with Crippen molar-refractivity contribution in [2.75, 3.05) is 6.61 Å². The zero-order valence-electron chi connectivity index (χ0n) is 9.57. The smallest absolute Gasteiger partial charge is 0.394 e. The number of alkyl halides is 3. The number of rotatable bonds is 5. The van der Waals surface area contributed by atoms with Gasteiger partial charge in [0.2, 0.25) is 5.91 Å². The number of aliphatic hydroxyl groups excluding tert-OH is 1. The lowest BCUT2D eigenvalue weighted by Gasteiger charge is -2.17. The van der Waals surface area contributed by atoms with Gasteiger partial charge in [-0.25, -0.2) is 0 Å². The molecule has 0 saturated heterocycles. The summed E-state index contributed by atoms with van der Waals surface area (Å²) in [6.07, 6.45) is -5.77. The number of hydrogen-bond donors (Lipinski definition) is 2. The molecule has 0 spiro atoms. The van der Waals surface area contributed by atoms with E-state index in [1.165, 1.54) is 0 Å². The minimum absolute atomic E-state index is 0.293. The lowest BCUT2D eigenvalue weighted by Crippen LogP contribution is -2.40. The molecule has 3 nitrogen and oxygen atoms in total. The Bertz CT molecular complexity index is 379. The van der Waals surface area contributed by atoms with Gasteiger partial charge in [0.05, 0.1) is 12.6 Å². The van der Waals surface area contributed by atoms with Crippen LogP contribution in [0.2, 0.25) is 0 Å². The number of aliphatic hydroxyl groups is 1. The topological polar surface area (TPSA) is 49.3 Å². The number of nitrogens with one attached hydrogen (secondary N) is 1. The van der Waals surface area contributed by atoms with Crippen LogP contribution in [0.5, 0.6) is 0 Å². The molecule has 0 radical (unpaired) electrons. The van der Waals surface area contributed by atoms with E-state index in [-0.39, 0.29) is 0 Å². The van der Waals surface area contributed by atoms with E-state index < -0.39 is 31.2 Å². The standard InChI is InChI=1S/C12H14F3NO2/c13-12(14,15)7-11(18)16-10(8-17)6-9-4-2-1-3-5-9/h1-5,10,17H,6-8H2,(H,16,18)/t10-/m1/s1. The van der Waals surface area contributed by atoms with Crippen LogP contribution >= 0.6 is 0 Å². The van der Waals surface area contributed by atoms with Crippen LogP contribution < -0.4 is 5.32 Å². The highest BCUT2D eigenvalue weighted by Crippen LogP contribution is 2.19. The maximum absolute atomic E-state index is 12.0. The lowest BCUT2D eigenvalue weighted by atomic mass is 10.1. The maximum Gasteiger partial charge on any atom is 0.397 e. The minimum atomic E-state index is -4.53. The molecule has 0 aliphatic carbocycles. The number of carbonyl (C=O) groups is 1. The highest BCUT2D eigenvalue weighted by atomic mass is 19.4. The Morgan fingerprint density at radius 2 is 1.89 bits per heavy atom. The predicted octanol–water partition coefficient (Wildman–Crippen LogP) is 1.66. The Morgan fingerprint density at radius 1 is 1.28 bits per heavy atom. The second-order valence-corrected chi connectivity index (χ2v) is 3.93. The molecule has 100 valence electrons. The zero-order chi connectivity index (χ0) is 13.6. The van der Waals surface area contributed by atoms with Crippen molar-refractivity contribution in [2.45, 2.75) is 25.1 Å². The number of carbonyl (C=O) groups excluding carboxylic acids is 1. The first-order valence-electron chi connectivity index (χ1n) is 5.41. The van der Waals surface area contributed by atoms with Crippen molar-refractivity contribution in [1.82, 2.24) is 5.32 Å². The van der Waals surface area contributed by atoms with Gasteiger partial charge in [0.15, 0.2) is 0 Å². The van der Waals surface area contributed by atoms with Crippen molar-refractivity contribution < 1.29 is 23.1 Å². The molecule has 18 heavy (non-hydrogen) atoms. The second kappa shape index (κ2) is 6.39. The summed E-state index contributed by atoms with van der Waals surface area (Å²) in [4.78, 5) is 11.1. The fourth-order valence-electron chi connectivity index (χ4n) is 1.52. The van der Waals surface area contributed by atoms with Crippen molar-refractivity contribution >= 4 is 5.91 Å². The van der Waals surface area contributed by atoms with E-state index in [1.54, 1.807) is 30.3 Å². The highest BCUT2D eigenvalue weighted by Gasteiger charge is 2.31. The Kier molecular flexibility index (Phi) is 5.15. The first-order valence-corrected chi connectivity index (χ1v) is 5.41. The number of amides is 1. The number of hydrogen-bond acceptors (Lipinski definition) is 2. The monoisotopic (exact) mass is 261 g/mol. The van der Waals surface area contributed by atoms with Crippen LogP contribution in [0.4, 0.5) is 13.2 Å². The molecule has 0 aliphatic heterocycles. The molecule has 6 heteroatoms. The fraction of sp³-hybridized carbons (Fsp3) is 0.417. The molecule has 0 aliphatic rings. The highest BCUT2D eigenvalue weighted by molar-refractivity contribution is 5.76. The molecule has 1 amide bonds. The van der Waals surface area contributed by atoms with Crippen molar-refractivity contribution in [3.05, 3.63) is 35.9 Å². The zero-order valence-corrected chi connectivity index (χ0v) is 9.57. The van der Waals surface area contributed by atoms with Crippen LogP contribution in [0, 0.1) is 0 Å². The Labute approximate surface area is 103 Å². The predicted molar refractivity (Wildman–Crippen MR) is 59.8 cm³/mol. The van der Waals surface area contributed by atoms with E-state index in [4.69, 9.17) is 5.11 Å². The van der Waals surface area contributed by atoms with Gasteiger partial charge in [-0.3, -0.25) is 4.79 Å². The number of benzene rings is 1. The van der Waals surface area contributed by atoms with Gasteiger partial charge < -0.3 is 10.4 Å². The summed E-state index contributed by atoms with van der Waals surface area (Å²) in [6.45, 7) is -0.404. The first-order chi connectivity index (χ1) is 8.40. The third-order valence-corrected chi connectivity index (χ3v) is 2.27. The third kappa shape index (κ3) is 5.67. The van der Waals surface area contributed by atoms with Gasteiger partial charge in [0.1, 0.15) is 6.42 Å². The Hall–Kier alpha value is -1.56. The van der Waals surface area contributed by atoms with Gasteiger partial charge in [0.25, 0.3) is 0 Å². The normalized spacial score (nSPS) is 13.1. The van der Waals surface area contributed by atoms with Crippen LogP contribution in [0.3, 0.4) is 0 Å². The summed E-state index contributed by atoms with van der Waals surface area (Å²) >= 11 is 0.